The molecule has 70 valence electrons. The quantitative estimate of drug-likeness (QED) is 0.689. The average molecular weight is 208 g/mol. The monoisotopic (exact) mass is 207 g/mol. The Labute approximate surface area is 77.9 Å². The second-order valence-electron chi connectivity index (χ2n) is 2.37. The standard InChI is InChI=1S/C8H5ClF3N/c1-5(8(10,11)12)6-2-7(9)4-13-3-6/h2-4H,1H2. The largest absolute Gasteiger partial charge is 0.416 e. The van der Waals surface area contributed by atoms with Gasteiger partial charge < -0.3 is 0 Å². The van der Waals surface area contributed by atoms with E-state index in [9.17, 15) is 13.2 Å². The number of halogens is 4. The molecule has 1 aromatic heterocycles. The normalized spacial score (nSPS) is 11.4. The van der Waals surface area contributed by atoms with Crippen LogP contribution in [0.5, 0.6) is 0 Å². The van der Waals surface area contributed by atoms with Gasteiger partial charge in [0, 0.05) is 18.0 Å². The summed E-state index contributed by atoms with van der Waals surface area (Å²) in [7, 11) is 0. The second-order valence-corrected chi connectivity index (χ2v) is 2.80. The fourth-order valence-corrected chi connectivity index (χ4v) is 0.914. The number of hydrogen-bond acceptors (Lipinski definition) is 1. The van der Waals surface area contributed by atoms with Gasteiger partial charge >= 0.3 is 6.18 Å². The maximum absolute atomic E-state index is 12.1. The molecule has 0 bridgehead atoms. The summed E-state index contributed by atoms with van der Waals surface area (Å²) in [5.74, 6) is 0. The van der Waals surface area contributed by atoms with Gasteiger partial charge in [-0.1, -0.05) is 18.2 Å². The Balaban J connectivity index is 3.03. The smallest absolute Gasteiger partial charge is 0.263 e. The Morgan fingerprint density at radius 1 is 1.38 bits per heavy atom. The predicted octanol–water partition coefficient (Wildman–Crippen LogP) is 3.31. The van der Waals surface area contributed by atoms with Crippen molar-refractivity contribution >= 4 is 17.2 Å². The lowest BCUT2D eigenvalue weighted by atomic mass is 10.1. The maximum atomic E-state index is 12.1. The van der Waals surface area contributed by atoms with E-state index in [4.69, 9.17) is 11.6 Å². The molecule has 0 fully saturated rings. The molecule has 0 saturated carbocycles. The zero-order valence-corrected chi connectivity index (χ0v) is 7.15. The highest BCUT2D eigenvalue weighted by Crippen LogP contribution is 2.32. The third-order valence-electron chi connectivity index (χ3n) is 1.40. The van der Waals surface area contributed by atoms with Crippen LogP contribution in [0.25, 0.3) is 5.57 Å². The molecule has 1 nitrogen and oxygen atoms in total. The Hall–Kier alpha value is -1.03. The Morgan fingerprint density at radius 3 is 2.46 bits per heavy atom. The Morgan fingerprint density at radius 2 is 2.00 bits per heavy atom. The van der Waals surface area contributed by atoms with Crippen molar-refractivity contribution in [3.63, 3.8) is 0 Å². The fourth-order valence-electron chi connectivity index (χ4n) is 0.741. The van der Waals surface area contributed by atoms with Crippen LogP contribution < -0.4 is 0 Å². The first kappa shape index (κ1) is 10.1. The Kier molecular flexibility index (Phi) is 2.61. The van der Waals surface area contributed by atoms with Gasteiger partial charge in [-0.2, -0.15) is 13.2 Å². The molecule has 0 aliphatic heterocycles. The molecule has 0 radical (unpaired) electrons. The van der Waals surface area contributed by atoms with E-state index in [0.29, 0.717) is 0 Å². The van der Waals surface area contributed by atoms with E-state index in [1.54, 1.807) is 0 Å². The third-order valence-corrected chi connectivity index (χ3v) is 1.60. The zero-order valence-electron chi connectivity index (χ0n) is 6.40. The van der Waals surface area contributed by atoms with E-state index in [-0.39, 0.29) is 10.6 Å². The lowest BCUT2D eigenvalue weighted by Gasteiger charge is -2.09. The van der Waals surface area contributed by atoms with Gasteiger partial charge in [-0.15, -0.1) is 0 Å². The number of pyridine rings is 1. The van der Waals surface area contributed by atoms with Crippen LogP contribution in [-0.2, 0) is 0 Å². The summed E-state index contributed by atoms with van der Waals surface area (Å²) in [5, 5.41) is 0.155. The highest BCUT2D eigenvalue weighted by molar-refractivity contribution is 6.30. The van der Waals surface area contributed by atoms with Crippen LogP contribution in [0.3, 0.4) is 0 Å². The van der Waals surface area contributed by atoms with E-state index >= 15 is 0 Å². The molecule has 0 saturated heterocycles. The van der Waals surface area contributed by atoms with Crippen LogP contribution in [0.1, 0.15) is 5.56 Å². The van der Waals surface area contributed by atoms with Crippen LogP contribution in [0.15, 0.2) is 25.0 Å². The number of aromatic nitrogens is 1. The van der Waals surface area contributed by atoms with Gasteiger partial charge in [0.1, 0.15) is 0 Å². The maximum Gasteiger partial charge on any atom is 0.416 e. The van der Waals surface area contributed by atoms with Crippen molar-refractivity contribution in [3.05, 3.63) is 35.6 Å². The molecule has 1 rings (SSSR count). The summed E-state index contributed by atoms with van der Waals surface area (Å²) in [6.45, 7) is 2.91. The highest BCUT2D eigenvalue weighted by Gasteiger charge is 2.32. The molecule has 0 aliphatic carbocycles. The van der Waals surface area contributed by atoms with Crippen molar-refractivity contribution in [3.8, 4) is 0 Å². The first-order chi connectivity index (χ1) is 5.91. The minimum absolute atomic E-state index is 0.111. The highest BCUT2D eigenvalue weighted by atomic mass is 35.5. The molecule has 0 unspecified atom stereocenters. The molecule has 5 heteroatoms. The topological polar surface area (TPSA) is 12.9 Å². The van der Waals surface area contributed by atoms with Crippen LogP contribution in [0.4, 0.5) is 13.2 Å². The number of allylic oxidation sites excluding steroid dienone is 1. The molecule has 13 heavy (non-hydrogen) atoms. The third kappa shape index (κ3) is 2.45. The van der Waals surface area contributed by atoms with Crippen molar-refractivity contribution in [2.45, 2.75) is 6.18 Å². The van der Waals surface area contributed by atoms with Crippen molar-refractivity contribution in [2.24, 2.45) is 0 Å². The van der Waals surface area contributed by atoms with Gasteiger partial charge in [0.25, 0.3) is 0 Å². The van der Waals surface area contributed by atoms with Crippen molar-refractivity contribution < 1.29 is 13.2 Å². The molecule has 1 aromatic rings. The number of hydrogen-bond donors (Lipinski definition) is 0. The van der Waals surface area contributed by atoms with Crippen LogP contribution in [0, 0.1) is 0 Å². The first-order valence-corrected chi connectivity index (χ1v) is 3.66. The second kappa shape index (κ2) is 3.38. The average Bonchev–Trinajstić information content (AvgIpc) is 2.01. The van der Waals surface area contributed by atoms with Crippen LogP contribution in [0.2, 0.25) is 5.02 Å². The lowest BCUT2D eigenvalue weighted by molar-refractivity contribution is -0.0686. The first-order valence-electron chi connectivity index (χ1n) is 3.28. The molecule has 0 N–H and O–H groups in total. The molecular formula is C8H5ClF3N. The number of alkyl halides is 3. The Bertz CT molecular complexity index is 332. The summed E-state index contributed by atoms with van der Waals surface area (Å²) in [6.07, 6.45) is -2.11. The SMILES string of the molecule is C=C(c1cncc(Cl)c1)C(F)(F)F. The summed E-state index contributed by atoms with van der Waals surface area (Å²) in [6, 6.07) is 1.17. The minimum Gasteiger partial charge on any atom is -0.263 e. The molecule has 0 aromatic carbocycles. The van der Waals surface area contributed by atoms with Crippen LogP contribution in [-0.4, -0.2) is 11.2 Å². The van der Waals surface area contributed by atoms with Gasteiger partial charge in [-0.3, -0.25) is 4.98 Å². The fraction of sp³-hybridized carbons (Fsp3) is 0.125. The lowest BCUT2D eigenvalue weighted by Crippen LogP contribution is -2.09. The minimum atomic E-state index is -4.44. The number of nitrogens with zero attached hydrogens (tertiary/aromatic N) is 1. The molecule has 0 amide bonds. The van der Waals surface area contributed by atoms with Gasteiger partial charge in [-0.25, -0.2) is 0 Å². The van der Waals surface area contributed by atoms with Crippen molar-refractivity contribution in [1.82, 2.24) is 4.98 Å². The van der Waals surface area contributed by atoms with Crippen molar-refractivity contribution in [1.29, 1.82) is 0 Å². The van der Waals surface area contributed by atoms with Crippen LogP contribution >= 0.6 is 11.6 Å². The summed E-state index contributed by atoms with van der Waals surface area (Å²) in [4.78, 5) is 3.53. The van der Waals surface area contributed by atoms with Gasteiger partial charge in [0.15, 0.2) is 0 Å². The molecule has 0 spiro atoms. The van der Waals surface area contributed by atoms with E-state index in [1.807, 2.05) is 0 Å². The van der Waals surface area contributed by atoms with Gasteiger partial charge in [0.05, 0.1) is 10.6 Å². The summed E-state index contributed by atoms with van der Waals surface area (Å²) < 4.78 is 36.3. The molecule has 0 aliphatic rings. The molecule has 0 atom stereocenters. The van der Waals surface area contributed by atoms with E-state index in [0.717, 1.165) is 6.20 Å². The van der Waals surface area contributed by atoms with Gasteiger partial charge in [0.2, 0.25) is 0 Å². The van der Waals surface area contributed by atoms with Gasteiger partial charge in [-0.05, 0) is 6.07 Å². The summed E-state index contributed by atoms with van der Waals surface area (Å²) in [5.41, 5.74) is -1.05. The molecule has 1 heterocycles. The zero-order chi connectivity index (χ0) is 10.1. The predicted molar refractivity (Wildman–Crippen MR) is 44.3 cm³/mol. The van der Waals surface area contributed by atoms with E-state index in [2.05, 4.69) is 11.6 Å². The summed E-state index contributed by atoms with van der Waals surface area (Å²) >= 11 is 5.47. The van der Waals surface area contributed by atoms with E-state index in [1.165, 1.54) is 12.3 Å². The molecular weight excluding hydrogens is 203 g/mol. The van der Waals surface area contributed by atoms with E-state index < -0.39 is 11.7 Å². The van der Waals surface area contributed by atoms with Crippen molar-refractivity contribution in [2.75, 3.05) is 0 Å². The number of rotatable bonds is 1.